The molecule has 0 saturated heterocycles. The number of nitrogens with zero attached hydrogens (tertiary/aromatic N) is 3. The minimum atomic E-state index is -1.40. The molecule has 1 aromatic carbocycles. The molecule has 0 aromatic heterocycles. The summed E-state index contributed by atoms with van der Waals surface area (Å²) in [5.41, 5.74) is -0.130. The second-order valence-corrected chi connectivity index (χ2v) is 3.34. The molecule has 19 heavy (non-hydrogen) atoms. The number of nitro groups is 1. The summed E-state index contributed by atoms with van der Waals surface area (Å²) < 4.78 is 4.81. The number of hydrogen-bond donors (Lipinski definition) is 1. The molecular formula is C11H9N3O5. The van der Waals surface area contributed by atoms with Crippen LogP contribution in [-0.4, -0.2) is 29.3 Å². The van der Waals surface area contributed by atoms with Gasteiger partial charge < -0.3 is 9.84 Å². The van der Waals surface area contributed by atoms with Gasteiger partial charge in [0.1, 0.15) is 0 Å². The Balaban J connectivity index is 3.07. The number of carboxylic acid groups (broad SMARTS) is 1. The zero-order valence-corrected chi connectivity index (χ0v) is 9.81. The van der Waals surface area contributed by atoms with Crippen LogP contribution in [0.1, 0.15) is 0 Å². The first-order chi connectivity index (χ1) is 8.99. The molecule has 0 saturated carbocycles. The Labute approximate surface area is 107 Å². The molecule has 0 aliphatic rings. The molecule has 0 aliphatic heterocycles. The smallest absolute Gasteiger partial charge is 0.326 e. The highest BCUT2D eigenvalue weighted by Gasteiger charge is 2.16. The van der Waals surface area contributed by atoms with E-state index in [4.69, 9.17) is 15.1 Å². The number of carboxylic acids is 1. The van der Waals surface area contributed by atoms with Crippen LogP contribution in [0.3, 0.4) is 0 Å². The number of nitriles is 1. The summed E-state index contributed by atoms with van der Waals surface area (Å²) in [5, 5.41) is 27.9. The highest BCUT2D eigenvalue weighted by atomic mass is 16.6. The van der Waals surface area contributed by atoms with Gasteiger partial charge in [-0.05, 0) is 12.1 Å². The Morgan fingerprint density at radius 2 is 2.37 bits per heavy atom. The molecule has 0 amide bonds. The van der Waals surface area contributed by atoms with E-state index < -0.39 is 16.8 Å². The Kier molecular flexibility index (Phi) is 4.54. The molecule has 0 bridgehead atoms. The van der Waals surface area contributed by atoms with Crippen LogP contribution in [0, 0.1) is 27.4 Å². The SMILES string of the molecule is COc1ccc(N=CC(C#N)C(=O)O)cc1[N+](=O)[O-]. The maximum absolute atomic E-state index is 10.8. The van der Waals surface area contributed by atoms with Crippen molar-refractivity contribution in [3.63, 3.8) is 0 Å². The van der Waals surface area contributed by atoms with Crippen molar-refractivity contribution in [2.75, 3.05) is 7.11 Å². The third-order valence-electron chi connectivity index (χ3n) is 2.14. The van der Waals surface area contributed by atoms with Crippen LogP contribution in [0.5, 0.6) is 5.75 Å². The number of benzene rings is 1. The number of hydrogen-bond acceptors (Lipinski definition) is 6. The first kappa shape index (κ1) is 14.1. The number of ether oxygens (including phenoxy) is 1. The first-order valence-electron chi connectivity index (χ1n) is 4.98. The van der Waals surface area contributed by atoms with Gasteiger partial charge in [0.25, 0.3) is 0 Å². The van der Waals surface area contributed by atoms with Gasteiger partial charge in [0.2, 0.25) is 0 Å². The number of carbonyl (C=O) groups is 1. The fraction of sp³-hybridized carbons (Fsp3) is 0.182. The van der Waals surface area contributed by atoms with Crippen molar-refractivity contribution in [1.82, 2.24) is 0 Å². The molecule has 1 atom stereocenters. The van der Waals surface area contributed by atoms with Crippen molar-refractivity contribution >= 4 is 23.6 Å². The minimum absolute atomic E-state index is 0.0685. The van der Waals surface area contributed by atoms with Gasteiger partial charge in [-0.2, -0.15) is 5.26 Å². The van der Waals surface area contributed by atoms with E-state index in [1.54, 1.807) is 0 Å². The summed E-state index contributed by atoms with van der Waals surface area (Å²) >= 11 is 0. The second-order valence-electron chi connectivity index (χ2n) is 3.34. The van der Waals surface area contributed by atoms with Gasteiger partial charge in [0.15, 0.2) is 11.7 Å². The van der Waals surface area contributed by atoms with Gasteiger partial charge in [-0.1, -0.05) is 0 Å². The highest BCUT2D eigenvalue weighted by Crippen LogP contribution is 2.30. The average molecular weight is 263 g/mol. The van der Waals surface area contributed by atoms with Gasteiger partial charge in [-0.25, -0.2) is 0 Å². The van der Waals surface area contributed by atoms with Gasteiger partial charge in [-0.15, -0.1) is 0 Å². The molecular weight excluding hydrogens is 254 g/mol. The lowest BCUT2D eigenvalue weighted by Gasteiger charge is -2.02. The summed E-state index contributed by atoms with van der Waals surface area (Å²) in [7, 11) is 1.29. The normalized spacial score (nSPS) is 11.8. The molecule has 1 aromatic rings. The predicted octanol–water partition coefficient (Wildman–Crippen LogP) is 1.53. The number of aliphatic imine (C=N–C) groups is 1. The number of rotatable bonds is 5. The van der Waals surface area contributed by atoms with Crippen molar-refractivity contribution < 1.29 is 19.6 Å². The largest absolute Gasteiger partial charge is 0.490 e. The van der Waals surface area contributed by atoms with E-state index in [-0.39, 0.29) is 17.1 Å². The lowest BCUT2D eigenvalue weighted by molar-refractivity contribution is -0.385. The van der Waals surface area contributed by atoms with E-state index in [1.165, 1.54) is 25.3 Å². The molecule has 0 radical (unpaired) electrons. The number of nitro benzene ring substituents is 1. The van der Waals surface area contributed by atoms with Crippen LogP contribution >= 0.6 is 0 Å². The fourth-order valence-corrected chi connectivity index (χ4v) is 1.21. The molecule has 8 heteroatoms. The van der Waals surface area contributed by atoms with Gasteiger partial charge in [-0.3, -0.25) is 19.9 Å². The van der Waals surface area contributed by atoms with Crippen LogP contribution in [0.2, 0.25) is 0 Å². The van der Waals surface area contributed by atoms with Gasteiger partial charge >= 0.3 is 11.7 Å². The van der Waals surface area contributed by atoms with Crippen molar-refractivity contribution in [2.24, 2.45) is 10.9 Å². The summed E-state index contributed by atoms with van der Waals surface area (Å²) in [6.45, 7) is 0. The highest BCUT2D eigenvalue weighted by molar-refractivity contribution is 5.92. The zero-order valence-electron chi connectivity index (χ0n) is 9.81. The minimum Gasteiger partial charge on any atom is -0.490 e. The Morgan fingerprint density at radius 3 is 2.84 bits per heavy atom. The van der Waals surface area contributed by atoms with E-state index in [0.29, 0.717) is 0 Å². The molecule has 8 nitrogen and oxygen atoms in total. The standard InChI is InChI=1S/C11H9N3O5/c1-19-10-3-2-8(4-9(10)14(17)18)13-6-7(5-12)11(15)16/h2-4,6-7H,1H3,(H,15,16). The van der Waals surface area contributed by atoms with Crippen molar-refractivity contribution in [3.05, 3.63) is 28.3 Å². The maximum atomic E-state index is 10.8. The summed E-state index contributed by atoms with van der Waals surface area (Å²) in [4.78, 5) is 24.4. The van der Waals surface area contributed by atoms with E-state index in [2.05, 4.69) is 4.99 Å². The average Bonchev–Trinajstić information content (AvgIpc) is 2.38. The monoisotopic (exact) mass is 263 g/mol. The van der Waals surface area contributed by atoms with E-state index in [1.807, 2.05) is 0 Å². The molecule has 0 spiro atoms. The van der Waals surface area contributed by atoms with Crippen LogP contribution in [0.4, 0.5) is 11.4 Å². The van der Waals surface area contributed by atoms with Crippen LogP contribution in [-0.2, 0) is 4.79 Å². The maximum Gasteiger partial charge on any atom is 0.326 e. The zero-order chi connectivity index (χ0) is 14.4. The van der Waals surface area contributed by atoms with Crippen LogP contribution in [0.25, 0.3) is 0 Å². The Hall–Kier alpha value is -2.95. The predicted molar refractivity (Wildman–Crippen MR) is 64.5 cm³/mol. The lowest BCUT2D eigenvalue weighted by Crippen LogP contribution is -2.12. The van der Waals surface area contributed by atoms with Crippen LogP contribution in [0.15, 0.2) is 23.2 Å². The van der Waals surface area contributed by atoms with Crippen molar-refractivity contribution in [2.45, 2.75) is 0 Å². The first-order valence-corrected chi connectivity index (χ1v) is 4.98. The number of methoxy groups -OCH3 is 1. The topological polar surface area (TPSA) is 126 Å². The third kappa shape index (κ3) is 3.50. The quantitative estimate of drug-likeness (QED) is 0.487. The molecule has 0 fully saturated rings. The molecule has 1 N–H and O–H groups in total. The molecule has 1 unspecified atom stereocenters. The van der Waals surface area contributed by atoms with E-state index >= 15 is 0 Å². The van der Waals surface area contributed by atoms with E-state index in [0.717, 1.165) is 12.3 Å². The third-order valence-corrected chi connectivity index (χ3v) is 2.14. The Morgan fingerprint density at radius 1 is 1.68 bits per heavy atom. The second kappa shape index (κ2) is 6.11. The summed E-state index contributed by atoms with van der Waals surface area (Å²) in [5.74, 6) is -2.67. The fourth-order valence-electron chi connectivity index (χ4n) is 1.21. The van der Waals surface area contributed by atoms with Crippen LogP contribution < -0.4 is 4.74 Å². The van der Waals surface area contributed by atoms with Crippen molar-refractivity contribution in [3.8, 4) is 11.8 Å². The summed E-state index contributed by atoms with van der Waals surface area (Å²) in [6, 6.07) is 5.41. The molecule has 1 rings (SSSR count). The lowest BCUT2D eigenvalue weighted by atomic mass is 10.2. The Bertz CT molecular complexity index is 576. The van der Waals surface area contributed by atoms with Gasteiger partial charge in [0, 0.05) is 12.3 Å². The number of aliphatic carboxylic acids is 1. The van der Waals surface area contributed by atoms with E-state index in [9.17, 15) is 14.9 Å². The summed E-state index contributed by atoms with van der Waals surface area (Å²) in [6.07, 6.45) is 0.911. The molecule has 0 heterocycles. The molecule has 0 aliphatic carbocycles. The van der Waals surface area contributed by atoms with Gasteiger partial charge in [0.05, 0.1) is 23.8 Å². The molecule has 98 valence electrons. The van der Waals surface area contributed by atoms with Crippen molar-refractivity contribution in [1.29, 1.82) is 5.26 Å².